The Morgan fingerprint density at radius 1 is 1.24 bits per heavy atom. The van der Waals surface area contributed by atoms with Gasteiger partial charge in [0.15, 0.2) is 0 Å². The van der Waals surface area contributed by atoms with Gasteiger partial charge in [0, 0.05) is 29.4 Å². The van der Waals surface area contributed by atoms with E-state index in [0.29, 0.717) is 30.9 Å². The Balaban J connectivity index is 1.93. The van der Waals surface area contributed by atoms with Crippen molar-refractivity contribution >= 4 is 21.6 Å². The van der Waals surface area contributed by atoms with E-state index < -0.39 is 0 Å². The summed E-state index contributed by atoms with van der Waals surface area (Å²) in [5.74, 6) is 0. The molecule has 21 heavy (non-hydrogen) atoms. The summed E-state index contributed by atoms with van der Waals surface area (Å²) in [4.78, 5) is 16.5. The monoisotopic (exact) mass is 348 g/mol. The lowest BCUT2D eigenvalue weighted by molar-refractivity contribution is 0.637. The SMILES string of the molecule is NCCc1cn(Cc2cc(=O)n3cc(Br)ccc3n2)nn1. The maximum atomic E-state index is 12.1. The molecule has 3 heterocycles. The molecule has 3 aromatic heterocycles. The van der Waals surface area contributed by atoms with Crippen molar-refractivity contribution in [3.63, 3.8) is 0 Å². The number of nitrogens with zero attached hydrogens (tertiary/aromatic N) is 5. The molecule has 0 aliphatic heterocycles. The van der Waals surface area contributed by atoms with Crippen LogP contribution in [-0.2, 0) is 13.0 Å². The number of nitrogens with two attached hydrogens (primary N) is 1. The van der Waals surface area contributed by atoms with Gasteiger partial charge >= 0.3 is 0 Å². The fraction of sp³-hybridized carbons (Fsp3) is 0.231. The van der Waals surface area contributed by atoms with Gasteiger partial charge in [-0.15, -0.1) is 5.10 Å². The third kappa shape index (κ3) is 3.01. The van der Waals surface area contributed by atoms with Crippen molar-refractivity contribution in [3.05, 3.63) is 56.8 Å². The topological polar surface area (TPSA) is 91.1 Å². The van der Waals surface area contributed by atoms with Crippen LogP contribution in [0.1, 0.15) is 11.4 Å². The molecule has 0 bridgehead atoms. The van der Waals surface area contributed by atoms with E-state index in [-0.39, 0.29) is 5.56 Å². The minimum absolute atomic E-state index is 0.126. The van der Waals surface area contributed by atoms with Crippen molar-refractivity contribution < 1.29 is 0 Å². The molecule has 0 radical (unpaired) electrons. The summed E-state index contributed by atoms with van der Waals surface area (Å²) in [6.45, 7) is 0.933. The molecule has 0 aromatic carbocycles. The number of hydrogen-bond donors (Lipinski definition) is 1. The van der Waals surface area contributed by atoms with Crippen LogP contribution in [0.5, 0.6) is 0 Å². The van der Waals surface area contributed by atoms with E-state index in [0.717, 1.165) is 10.2 Å². The molecule has 8 heteroatoms. The summed E-state index contributed by atoms with van der Waals surface area (Å²) in [6, 6.07) is 5.14. The largest absolute Gasteiger partial charge is 0.330 e. The van der Waals surface area contributed by atoms with E-state index in [1.807, 2.05) is 12.3 Å². The Morgan fingerprint density at radius 2 is 2.10 bits per heavy atom. The lowest BCUT2D eigenvalue weighted by atomic mass is 10.3. The highest BCUT2D eigenvalue weighted by Crippen LogP contribution is 2.09. The molecule has 0 fully saturated rings. The lowest BCUT2D eigenvalue weighted by Gasteiger charge is -2.04. The van der Waals surface area contributed by atoms with Gasteiger partial charge in [-0.05, 0) is 34.6 Å². The quantitative estimate of drug-likeness (QED) is 0.745. The zero-order chi connectivity index (χ0) is 14.8. The minimum atomic E-state index is -0.126. The van der Waals surface area contributed by atoms with Gasteiger partial charge < -0.3 is 5.73 Å². The molecule has 0 unspecified atom stereocenters. The van der Waals surface area contributed by atoms with Crippen LogP contribution in [0.25, 0.3) is 5.65 Å². The third-order valence-electron chi connectivity index (χ3n) is 2.99. The molecule has 7 nitrogen and oxygen atoms in total. The van der Waals surface area contributed by atoms with Gasteiger partial charge in [0.1, 0.15) is 5.65 Å². The Labute approximate surface area is 128 Å². The fourth-order valence-electron chi connectivity index (χ4n) is 2.05. The van der Waals surface area contributed by atoms with Crippen molar-refractivity contribution in [2.75, 3.05) is 6.54 Å². The first kappa shape index (κ1) is 13.9. The summed E-state index contributed by atoms with van der Waals surface area (Å²) >= 11 is 3.34. The van der Waals surface area contributed by atoms with Crippen LogP contribution in [0.4, 0.5) is 0 Å². The van der Waals surface area contributed by atoms with Crippen molar-refractivity contribution in [3.8, 4) is 0 Å². The highest BCUT2D eigenvalue weighted by molar-refractivity contribution is 9.10. The molecule has 2 N–H and O–H groups in total. The third-order valence-corrected chi connectivity index (χ3v) is 3.46. The molecule has 0 aliphatic carbocycles. The van der Waals surface area contributed by atoms with Crippen LogP contribution in [-0.4, -0.2) is 30.9 Å². The van der Waals surface area contributed by atoms with Gasteiger partial charge in [-0.3, -0.25) is 9.20 Å². The highest BCUT2D eigenvalue weighted by Gasteiger charge is 2.06. The van der Waals surface area contributed by atoms with Gasteiger partial charge in [-0.25, -0.2) is 9.67 Å². The van der Waals surface area contributed by atoms with Crippen LogP contribution in [0.3, 0.4) is 0 Å². The smallest absolute Gasteiger partial charge is 0.258 e. The van der Waals surface area contributed by atoms with Gasteiger partial charge in [0.05, 0.1) is 17.9 Å². The van der Waals surface area contributed by atoms with Gasteiger partial charge in [0.25, 0.3) is 5.56 Å². The normalized spacial score (nSPS) is 11.1. The average Bonchev–Trinajstić information content (AvgIpc) is 2.87. The molecule has 0 atom stereocenters. The van der Waals surface area contributed by atoms with Gasteiger partial charge in [-0.2, -0.15) is 0 Å². The summed E-state index contributed by atoms with van der Waals surface area (Å²) < 4.78 is 3.98. The molecule has 0 saturated carbocycles. The molecule has 0 saturated heterocycles. The Hall–Kier alpha value is -2.06. The molecule has 0 spiro atoms. The van der Waals surface area contributed by atoms with E-state index >= 15 is 0 Å². The first-order valence-corrected chi connectivity index (χ1v) is 7.22. The predicted octanol–water partition coefficient (Wildman–Crippen LogP) is 0.598. The van der Waals surface area contributed by atoms with E-state index in [1.54, 1.807) is 16.9 Å². The molecule has 108 valence electrons. The van der Waals surface area contributed by atoms with Crippen LogP contribution < -0.4 is 11.3 Å². The molecular weight excluding hydrogens is 336 g/mol. The molecule has 3 rings (SSSR count). The van der Waals surface area contributed by atoms with Gasteiger partial charge in [0.2, 0.25) is 0 Å². The van der Waals surface area contributed by atoms with Crippen LogP contribution in [0, 0.1) is 0 Å². The van der Waals surface area contributed by atoms with E-state index in [4.69, 9.17) is 5.73 Å². The Bertz CT molecular complexity index is 840. The molecular formula is C13H13BrN6O. The Morgan fingerprint density at radius 3 is 2.90 bits per heavy atom. The van der Waals surface area contributed by atoms with Crippen molar-refractivity contribution in [2.24, 2.45) is 5.73 Å². The lowest BCUT2D eigenvalue weighted by Crippen LogP contribution is -2.16. The van der Waals surface area contributed by atoms with E-state index in [2.05, 4.69) is 31.2 Å². The average molecular weight is 349 g/mol. The molecule has 3 aromatic rings. The first-order valence-electron chi connectivity index (χ1n) is 6.42. The molecule has 0 amide bonds. The standard InChI is InChI=1S/C13H13BrN6O/c14-9-1-2-12-16-11(5-13(21)20(12)6-9)8-19-7-10(3-4-15)17-18-19/h1-2,5-7H,3-4,8,15H2. The minimum Gasteiger partial charge on any atom is -0.330 e. The summed E-state index contributed by atoms with van der Waals surface area (Å²) in [5.41, 5.74) is 7.43. The predicted molar refractivity (Wildman–Crippen MR) is 81.0 cm³/mol. The number of pyridine rings is 1. The number of hydrogen-bond acceptors (Lipinski definition) is 5. The number of fused-ring (bicyclic) bond motifs is 1. The van der Waals surface area contributed by atoms with Crippen LogP contribution in [0.15, 0.2) is 39.9 Å². The zero-order valence-corrected chi connectivity index (χ0v) is 12.7. The zero-order valence-electron chi connectivity index (χ0n) is 11.1. The second kappa shape index (κ2) is 5.74. The van der Waals surface area contributed by atoms with Crippen molar-refractivity contribution in [1.82, 2.24) is 24.4 Å². The summed E-state index contributed by atoms with van der Waals surface area (Å²) in [5, 5.41) is 8.02. The number of halogens is 1. The van der Waals surface area contributed by atoms with Crippen molar-refractivity contribution in [2.45, 2.75) is 13.0 Å². The van der Waals surface area contributed by atoms with Crippen molar-refractivity contribution in [1.29, 1.82) is 0 Å². The first-order chi connectivity index (χ1) is 10.2. The summed E-state index contributed by atoms with van der Waals surface area (Å²) in [6.07, 6.45) is 4.20. The fourth-order valence-corrected chi connectivity index (χ4v) is 2.39. The molecule has 0 aliphatic rings. The van der Waals surface area contributed by atoms with Crippen LogP contribution in [0.2, 0.25) is 0 Å². The second-order valence-electron chi connectivity index (χ2n) is 4.61. The number of aromatic nitrogens is 5. The number of rotatable bonds is 4. The maximum absolute atomic E-state index is 12.1. The van der Waals surface area contributed by atoms with E-state index in [9.17, 15) is 4.79 Å². The van der Waals surface area contributed by atoms with Crippen LogP contribution >= 0.6 is 15.9 Å². The van der Waals surface area contributed by atoms with E-state index in [1.165, 1.54) is 10.5 Å². The highest BCUT2D eigenvalue weighted by atomic mass is 79.9. The van der Waals surface area contributed by atoms with Gasteiger partial charge in [-0.1, -0.05) is 5.21 Å². The second-order valence-corrected chi connectivity index (χ2v) is 5.52. The Kier molecular flexibility index (Phi) is 3.80. The maximum Gasteiger partial charge on any atom is 0.258 e. The summed E-state index contributed by atoms with van der Waals surface area (Å²) in [7, 11) is 0.